The van der Waals surface area contributed by atoms with Crippen molar-refractivity contribution < 1.29 is 136 Å². The molecular formula is C95H159N3O28. The molecule has 9 N–H and O–H groups in total. The quantitative estimate of drug-likeness (QED) is 0.0429. The van der Waals surface area contributed by atoms with Crippen LogP contribution in [0.4, 0.5) is 0 Å². The first-order valence-corrected chi connectivity index (χ1v) is 46.2. The summed E-state index contributed by atoms with van der Waals surface area (Å²) in [6.45, 7) is 30.9. The van der Waals surface area contributed by atoms with Crippen molar-refractivity contribution in [3.63, 3.8) is 0 Å². The first-order valence-electron chi connectivity index (χ1n) is 46.2. The first kappa shape index (κ1) is 108. The number of ketones is 4. The number of aliphatic hydroxyl groups is 9. The number of piperidine rings is 1. The van der Waals surface area contributed by atoms with Crippen molar-refractivity contribution in [1.29, 1.82) is 0 Å². The summed E-state index contributed by atoms with van der Waals surface area (Å²) in [6.07, 6.45) is -1.81. The number of carbonyl (C=O) groups excluding carboxylic acids is 7. The summed E-state index contributed by atoms with van der Waals surface area (Å²) in [5.74, 6) is -13.1. The second-order valence-electron chi connectivity index (χ2n) is 39.5. The summed E-state index contributed by atoms with van der Waals surface area (Å²) in [6, 6.07) is -1.88. The Labute approximate surface area is 748 Å². The number of rotatable bonds is 15. The highest BCUT2D eigenvalue weighted by Gasteiger charge is 2.58. The van der Waals surface area contributed by atoms with Crippen LogP contribution >= 0.6 is 0 Å². The van der Waals surface area contributed by atoms with E-state index >= 15 is 0 Å². The minimum Gasteiger partial charge on any atom is -0.460 e. The molecule has 31 heteroatoms. The fourth-order valence-electron chi connectivity index (χ4n) is 20.3. The molecule has 2 bridgehead atoms. The minimum absolute atomic E-state index is 0.0193. The molecule has 1 amide bonds. The number of aliphatic hydroxyl groups excluding tert-OH is 6. The molecular weight excluding hydrogens is 1630 g/mol. The molecule has 8 aliphatic rings. The Morgan fingerprint density at radius 3 is 1.90 bits per heavy atom. The predicted octanol–water partition coefficient (Wildman–Crippen LogP) is 7.76. The molecule has 37 atom stereocenters. The van der Waals surface area contributed by atoms with Gasteiger partial charge in [-0.1, -0.05) is 98.8 Å². The Morgan fingerprint density at radius 2 is 1.29 bits per heavy atom. The molecule has 0 radical (unpaired) electrons. The largest absolute Gasteiger partial charge is 0.460 e. The van der Waals surface area contributed by atoms with Gasteiger partial charge in [0.25, 0.3) is 11.7 Å². The van der Waals surface area contributed by atoms with Gasteiger partial charge in [0.1, 0.15) is 59.8 Å². The predicted molar refractivity (Wildman–Crippen MR) is 468 cm³/mol. The van der Waals surface area contributed by atoms with Gasteiger partial charge < -0.3 is 118 Å². The van der Waals surface area contributed by atoms with E-state index in [1.165, 1.54) is 32.8 Å². The lowest BCUT2D eigenvalue weighted by atomic mass is 9.73. The molecule has 1 aliphatic carbocycles. The van der Waals surface area contributed by atoms with E-state index in [0.717, 1.165) is 12.0 Å². The van der Waals surface area contributed by atoms with Gasteiger partial charge in [-0.3, -0.25) is 28.8 Å². The highest BCUT2D eigenvalue weighted by atomic mass is 16.7. The Morgan fingerprint density at radius 1 is 0.635 bits per heavy atom. The standard InChI is InChI=1S/C51H79NO13.C44H80N2O15/c1-30-16-12-11-13-17-31(2)42(61-8)28-38-21-19-36(7)51(60,65-38)48(57)49(58)52-23-15-14-18-39(52)50(59)64-43(33(4)26-37-20-22-40(53)44(27-37)62-9)29-41(54)32(3)25-35(6)46(56)47(63-10)45(55)34(5)24-30;1-16-30-44(11,54)37(50)23(4)33(47)21(2)19-43(10,61-31-18-29(46(14)15)34(48)26(7)56-31)39(60-41-35(49)28(45(12)13)17-22(3)55-41)24(5)36(25(6)40(52)58-30)59-32-20-42(9,53)38(51)27(8)57-32/h11-13,16-17,25,30,32-34,36-40,42-44,46-47,53,56,60H,14-15,18-24,26-29H2,1-10H3;21-32,34-39,41,48-51,53-54H,16-20H2,1-15H3/b13-11?,16-12+,31-17?,35-25+;/t30-,32-,33-,34-,36-,37+,38+,39+,40-,42+,43+,44-,46-,47+,51-;21-,22-,23+,24+,25-,26+,27+,28+,29-,30-,31+,32+,34+,35-,36+,37-,38+,39-,41+,42-,43-,44-/m11/s1. The molecule has 126 heavy (non-hydrogen) atoms. The molecule has 0 spiro atoms. The third-order valence-corrected chi connectivity index (χ3v) is 28.6. The number of methoxy groups -OCH3 is 3. The molecule has 31 nitrogen and oxygen atoms in total. The van der Waals surface area contributed by atoms with E-state index in [2.05, 4.69) is 0 Å². The molecule has 0 aromatic rings. The number of cyclic esters (lactones) is 2. The van der Waals surface area contributed by atoms with Crippen LogP contribution in [0.5, 0.6) is 0 Å². The second kappa shape index (κ2) is 47.2. The van der Waals surface area contributed by atoms with Gasteiger partial charge in [-0.15, -0.1) is 0 Å². The van der Waals surface area contributed by atoms with Gasteiger partial charge in [-0.05, 0) is 203 Å². The third kappa shape index (κ3) is 27.0. The van der Waals surface area contributed by atoms with Crippen LogP contribution in [0, 0.1) is 59.2 Å². The monoisotopic (exact) mass is 1790 g/mol. The Balaban J connectivity index is 0.000000346. The van der Waals surface area contributed by atoms with Gasteiger partial charge in [-0.25, -0.2) is 4.79 Å². The van der Waals surface area contributed by atoms with Crippen molar-refractivity contribution in [3.8, 4) is 0 Å². The van der Waals surface area contributed by atoms with Crippen LogP contribution in [0.15, 0.2) is 47.6 Å². The van der Waals surface area contributed by atoms with Crippen molar-refractivity contribution in [1.82, 2.24) is 14.7 Å². The fourth-order valence-corrected chi connectivity index (χ4v) is 20.3. The zero-order chi connectivity index (χ0) is 94.4. The smallest absolute Gasteiger partial charge is 0.329 e. The average molecular weight is 1790 g/mol. The van der Waals surface area contributed by atoms with Crippen molar-refractivity contribution in [3.05, 3.63) is 47.6 Å². The van der Waals surface area contributed by atoms with Crippen LogP contribution in [0.1, 0.15) is 234 Å². The van der Waals surface area contributed by atoms with Gasteiger partial charge in [0, 0.05) is 101 Å². The number of allylic oxidation sites excluding steroid dienone is 6. The Bertz CT molecular complexity index is 3660. The second-order valence-corrected chi connectivity index (χ2v) is 39.5. The van der Waals surface area contributed by atoms with Crippen LogP contribution in [-0.2, 0) is 90.4 Å². The van der Waals surface area contributed by atoms with E-state index < -0.39 is 210 Å². The van der Waals surface area contributed by atoms with E-state index in [0.29, 0.717) is 69.8 Å². The lowest BCUT2D eigenvalue weighted by molar-refractivity contribution is -0.340. The summed E-state index contributed by atoms with van der Waals surface area (Å²) >= 11 is 0. The third-order valence-electron chi connectivity index (χ3n) is 28.6. The number of fused-ring (bicyclic) bond motifs is 3. The summed E-state index contributed by atoms with van der Waals surface area (Å²) in [5, 5.41) is 102. The molecule has 6 saturated heterocycles. The maximum atomic E-state index is 14.5. The number of hydrogen-bond acceptors (Lipinski definition) is 30. The minimum atomic E-state index is -2.43. The van der Waals surface area contributed by atoms with E-state index in [9.17, 15) is 79.5 Å². The van der Waals surface area contributed by atoms with Crippen LogP contribution in [0.2, 0.25) is 0 Å². The normalized spacial score (nSPS) is 44.4. The van der Waals surface area contributed by atoms with Crippen molar-refractivity contribution >= 4 is 41.0 Å². The van der Waals surface area contributed by atoms with Crippen LogP contribution in [-0.4, -0.2) is 321 Å². The highest BCUT2D eigenvalue weighted by molar-refractivity contribution is 6.39. The SMILES string of the molecule is CC[C@H]1OC(=O)[C@H](C)[C@@H](O[C@H]2C[C@@](C)(O)[C@@H](O)[C@H](C)O2)[C@H](C)[C@@H](O[C@@H]2O[C@H](C)C[C@H](N(C)C)[C@H]2O)[C@](C)(O[C@H]2C[C@@H](N(C)C)[C@@H](O)[C@H](C)O2)C[C@@H](C)C(=O)[C@H](C)[C@@H](O)[C@]1(C)O.CO[C@H]1C[C@@H]2CC[C@@H](C)[C@@](O)(O2)C(=O)C(=O)N2CCCC[C@H]2C(=O)O[C@H]([C@H](C)C[C@@H]2CC[C@@H](O)[C@H](OC)C2)CC(=O)[C@H](C)/C=C(\C)[C@@H](O)[C@@H](OC)C(=O)[C@H](C)C[C@H](C)/C=C/C=CC=C1C. The molecule has 7 fully saturated rings. The lowest BCUT2D eigenvalue weighted by Gasteiger charge is -2.51. The molecule has 7 heterocycles. The van der Waals surface area contributed by atoms with Crippen molar-refractivity contribution in [2.24, 2.45) is 59.2 Å². The number of hydrogen-bond donors (Lipinski definition) is 9. The summed E-state index contributed by atoms with van der Waals surface area (Å²) in [5.41, 5.74) is -3.94. The number of esters is 2. The van der Waals surface area contributed by atoms with Crippen molar-refractivity contribution in [2.75, 3.05) is 56.1 Å². The van der Waals surface area contributed by atoms with Crippen molar-refractivity contribution in [2.45, 2.75) is 397 Å². The lowest BCUT2D eigenvalue weighted by Crippen LogP contribution is -2.62. The number of nitrogens with zero attached hydrogens (tertiary/aromatic N) is 3. The van der Waals surface area contributed by atoms with E-state index in [-0.39, 0.29) is 98.7 Å². The highest BCUT2D eigenvalue weighted by Crippen LogP contribution is 2.46. The molecule has 0 unspecified atom stereocenters. The molecule has 7 aliphatic heterocycles. The maximum Gasteiger partial charge on any atom is 0.329 e. The van der Waals surface area contributed by atoms with Crippen LogP contribution in [0.25, 0.3) is 0 Å². The summed E-state index contributed by atoms with van der Waals surface area (Å²) < 4.78 is 75.0. The first-order chi connectivity index (χ1) is 58.8. The number of Topliss-reactive ketones (excluding diaryl/α,β-unsaturated/α-hetero) is 4. The zero-order valence-electron chi connectivity index (χ0n) is 79.9. The molecule has 722 valence electrons. The van der Waals surface area contributed by atoms with E-state index in [1.54, 1.807) is 89.5 Å². The van der Waals surface area contributed by atoms with E-state index in [4.69, 9.17) is 56.8 Å². The van der Waals surface area contributed by atoms with Gasteiger partial charge in [-0.2, -0.15) is 0 Å². The van der Waals surface area contributed by atoms with Gasteiger partial charge >= 0.3 is 11.9 Å². The van der Waals surface area contributed by atoms with Crippen LogP contribution < -0.4 is 0 Å². The summed E-state index contributed by atoms with van der Waals surface area (Å²) in [4.78, 5) is 104. The topological polar surface area (TPSA) is 422 Å². The van der Waals surface area contributed by atoms with Gasteiger partial charge in [0.15, 0.2) is 24.7 Å². The number of ether oxygens (including phenoxy) is 12. The van der Waals surface area contributed by atoms with E-state index in [1.807, 2.05) is 103 Å². The summed E-state index contributed by atoms with van der Waals surface area (Å²) in [7, 11) is 11.9. The average Bonchev–Trinajstić information content (AvgIpc) is 0.767. The molecule has 1 saturated carbocycles. The molecule has 8 rings (SSSR count). The molecule has 0 aromatic carbocycles. The van der Waals surface area contributed by atoms with Crippen LogP contribution in [0.3, 0.4) is 0 Å². The maximum absolute atomic E-state index is 14.5. The fraction of sp³-hybridized carbons (Fsp3) is 0.842. The zero-order valence-corrected chi connectivity index (χ0v) is 79.9. The Hall–Kier alpha value is -4.79. The number of carbonyl (C=O) groups is 7. The number of amides is 1. The number of likely N-dealkylation sites (N-methyl/N-ethyl adjacent to an activating group) is 2. The molecule has 0 aromatic heterocycles. The van der Waals surface area contributed by atoms with Gasteiger partial charge in [0.2, 0.25) is 5.79 Å². The van der Waals surface area contributed by atoms with Gasteiger partial charge in [0.05, 0.1) is 84.3 Å². The Kier molecular flexibility index (Phi) is 40.6.